The molecule has 0 saturated carbocycles. The Morgan fingerprint density at radius 1 is 1.39 bits per heavy atom. The first-order valence-corrected chi connectivity index (χ1v) is 9.01. The highest BCUT2D eigenvalue weighted by Crippen LogP contribution is 2.46. The highest BCUT2D eigenvalue weighted by Gasteiger charge is 2.51. The monoisotopic (exact) mass is 415 g/mol. The molecule has 2 aliphatic rings. The predicted octanol–water partition coefficient (Wildman–Crippen LogP) is 3.69. The van der Waals surface area contributed by atoms with Crippen LogP contribution in [0.4, 0.5) is 9.39 Å². The molecule has 23 heavy (non-hydrogen) atoms. The van der Waals surface area contributed by atoms with Gasteiger partial charge in [-0.2, -0.15) is 4.37 Å². The van der Waals surface area contributed by atoms with Crippen LogP contribution in [0.5, 0.6) is 0 Å². The van der Waals surface area contributed by atoms with Crippen molar-refractivity contribution < 1.29 is 9.18 Å². The van der Waals surface area contributed by atoms with Gasteiger partial charge in [-0.3, -0.25) is 4.79 Å². The average molecular weight is 417 g/mol. The Morgan fingerprint density at radius 3 is 2.83 bits per heavy atom. The van der Waals surface area contributed by atoms with Crippen LogP contribution in [0.15, 0.2) is 22.8 Å². The van der Waals surface area contributed by atoms with Crippen LogP contribution < -0.4 is 4.90 Å². The first kappa shape index (κ1) is 15.4. The van der Waals surface area contributed by atoms with Gasteiger partial charge in [-0.15, -0.1) is 0 Å². The van der Waals surface area contributed by atoms with Crippen LogP contribution in [0.2, 0.25) is 5.02 Å². The molecule has 4 rings (SSSR count). The SMILES string of the molecule is O=CC=CN1CC2(C1)CN(c1snc3c(F)c(Br)c(Cl)cc13)C2. The van der Waals surface area contributed by atoms with Gasteiger partial charge in [0, 0.05) is 43.2 Å². The number of carbonyl (C=O) groups excluding carboxylic acids is 1. The van der Waals surface area contributed by atoms with Crippen molar-refractivity contribution in [3.63, 3.8) is 0 Å². The van der Waals surface area contributed by atoms with Crippen LogP contribution in [0.1, 0.15) is 0 Å². The summed E-state index contributed by atoms with van der Waals surface area (Å²) in [6.45, 7) is 3.74. The first-order chi connectivity index (χ1) is 11.0. The molecule has 2 saturated heterocycles. The molecule has 4 nitrogen and oxygen atoms in total. The zero-order chi connectivity index (χ0) is 16.2. The third-order valence-corrected chi connectivity index (χ3v) is 6.61. The van der Waals surface area contributed by atoms with Crippen molar-refractivity contribution in [2.45, 2.75) is 0 Å². The molecule has 8 heteroatoms. The lowest BCUT2D eigenvalue weighted by atomic mass is 9.73. The summed E-state index contributed by atoms with van der Waals surface area (Å²) >= 11 is 10.5. The Balaban J connectivity index is 1.53. The summed E-state index contributed by atoms with van der Waals surface area (Å²) < 4.78 is 18.7. The molecule has 0 unspecified atom stereocenters. The van der Waals surface area contributed by atoms with E-state index < -0.39 is 5.82 Å². The lowest BCUT2D eigenvalue weighted by Crippen LogP contribution is -2.71. The number of nitrogens with zero attached hydrogens (tertiary/aromatic N) is 3. The molecular weight excluding hydrogens is 405 g/mol. The molecule has 1 aromatic heterocycles. The number of aldehydes is 1. The molecule has 2 aliphatic heterocycles. The minimum atomic E-state index is -0.404. The van der Waals surface area contributed by atoms with Crippen LogP contribution in [0, 0.1) is 11.2 Å². The summed E-state index contributed by atoms with van der Waals surface area (Å²) in [6, 6.07) is 1.77. The number of hydrogen-bond acceptors (Lipinski definition) is 5. The molecule has 0 aliphatic carbocycles. The Kier molecular flexibility index (Phi) is 3.62. The van der Waals surface area contributed by atoms with Gasteiger partial charge in [0.2, 0.25) is 0 Å². The molecule has 2 aromatic rings. The van der Waals surface area contributed by atoms with Crippen molar-refractivity contribution in [1.82, 2.24) is 9.27 Å². The summed E-state index contributed by atoms with van der Waals surface area (Å²) in [7, 11) is 0. The lowest BCUT2D eigenvalue weighted by Gasteiger charge is -2.60. The summed E-state index contributed by atoms with van der Waals surface area (Å²) in [5, 5.41) is 2.11. The summed E-state index contributed by atoms with van der Waals surface area (Å²) in [4.78, 5) is 14.7. The van der Waals surface area contributed by atoms with Crippen LogP contribution in [0.25, 0.3) is 10.9 Å². The van der Waals surface area contributed by atoms with Crippen molar-refractivity contribution >= 4 is 61.3 Å². The minimum absolute atomic E-state index is 0.264. The van der Waals surface area contributed by atoms with Gasteiger partial charge >= 0.3 is 0 Å². The van der Waals surface area contributed by atoms with Crippen molar-refractivity contribution in [2.24, 2.45) is 5.41 Å². The highest BCUT2D eigenvalue weighted by molar-refractivity contribution is 9.10. The Bertz CT molecular complexity index is 826. The van der Waals surface area contributed by atoms with Gasteiger partial charge in [-0.25, -0.2) is 4.39 Å². The molecule has 0 bridgehead atoms. The van der Waals surface area contributed by atoms with E-state index in [9.17, 15) is 9.18 Å². The number of benzene rings is 1. The van der Waals surface area contributed by atoms with Crippen molar-refractivity contribution in [1.29, 1.82) is 0 Å². The fourth-order valence-electron chi connectivity index (χ4n) is 3.39. The molecule has 2 fully saturated rings. The maximum atomic E-state index is 14.2. The maximum absolute atomic E-state index is 14.2. The number of anilines is 1. The Hall–Kier alpha value is -1.18. The third kappa shape index (κ3) is 2.37. The van der Waals surface area contributed by atoms with Crippen molar-refractivity contribution in [2.75, 3.05) is 31.1 Å². The molecule has 1 spiro atoms. The van der Waals surface area contributed by atoms with Crippen LogP contribution in [0.3, 0.4) is 0 Å². The Labute approximate surface area is 149 Å². The standard InChI is InChI=1S/C15H12BrClFN3OS/c16-11-10(17)4-9-13(12(11)18)19-23-14(9)21-7-15(8-21)5-20(6-15)2-1-3-22/h1-4H,5-8H2. The fourth-order valence-corrected chi connectivity index (χ4v) is 4.74. The largest absolute Gasteiger partial charge is 0.376 e. The van der Waals surface area contributed by atoms with Gasteiger partial charge in [-0.05, 0) is 39.6 Å². The summed E-state index contributed by atoms with van der Waals surface area (Å²) in [5.41, 5.74) is 0.646. The smallest absolute Gasteiger partial charge is 0.166 e. The predicted molar refractivity (Wildman–Crippen MR) is 93.7 cm³/mol. The molecule has 1 aromatic carbocycles. The second-order valence-electron chi connectivity index (χ2n) is 6.11. The number of allylic oxidation sites excluding steroid dienone is 1. The molecule has 0 N–H and O–H groups in total. The van der Waals surface area contributed by atoms with Crippen molar-refractivity contribution in [3.8, 4) is 0 Å². The number of carbonyl (C=O) groups is 1. The third-order valence-electron chi connectivity index (χ3n) is 4.38. The van der Waals surface area contributed by atoms with E-state index in [4.69, 9.17) is 11.6 Å². The van der Waals surface area contributed by atoms with Gasteiger partial charge in [0.15, 0.2) is 5.82 Å². The molecule has 0 radical (unpaired) electrons. The quantitative estimate of drug-likeness (QED) is 0.434. The van der Waals surface area contributed by atoms with E-state index in [1.54, 1.807) is 6.07 Å². The zero-order valence-electron chi connectivity index (χ0n) is 11.9. The van der Waals surface area contributed by atoms with Crippen LogP contribution >= 0.6 is 39.1 Å². The molecule has 0 amide bonds. The second kappa shape index (κ2) is 5.43. The molecule has 120 valence electrons. The normalized spacial score (nSPS) is 19.4. The van der Waals surface area contributed by atoms with Gasteiger partial charge in [-0.1, -0.05) is 11.6 Å². The molecule has 0 atom stereocenters. The number of rotatable bonds is 3. The van der Waals surface area contributed by atoms with Crippen molar-refractivity contribution in [3.05, 3.63) is 33.7 Å². The van der Waals surface area contributed by atoms with Gasteiger partial charge in [0.25, 0.3) is 0 Å². The first-order valence-electron chi connectivity index (χ1n) is 7.07. The summed E-state index contributed by atoms with van der Waals surface area (Å²) in [5.74, 6) is -0.404. The van der Waals surface area contributed by atoms with E-state index in [1.807, 2.05) is 6.20 Å². The average Bonchev–Trinajstić information content (AvgIpc) is 2.85. The van der Waals surface area contributed by atoms with Gasteiger partial charge < -0.3 is 9.80 Å². The molecular formula is C15H12BrClFN3OS. The fraction of sp³-hybridized carbons (Fsp3) is 0.333. The number of halogens is 3. The van der Waals surface area contributed by atoms with E-state index in [-0.39, 0.29) is 9.89 Å². The number of aromatic nitrogens is 1. The number of fused-ring (bicyclic) bond motifs is 1. The van der Waals surface area contributed by atoms with Crippen LogP contribution in [-0.4, -0.2) is 41.7 Å². The van der Waals surface area contributed by atoms with E-state index in [0.717, 1.165) is 42.9 Å². The zero-order valence-corrected chi connectivity index (χ0v) is 15.1. The highest BCUT2D eigenvalue weighted by atomic mass is 79.9. The number of hydrogen-bond donors (Lipinski definition) is 0. The summed E-state index contributed by atoms with van der Waals surface area (Å²) in [6.07, 6.45) is 4.14. The van der Waals surface area contributed by atoms with E-state index in [0.29, 0.717) is 10.5 Å². The van der Waals surface area contributed by atoms with E-state index in [2.05, 4.69) is 30.1 Å². The van der Waals surface area contributed by atoms with E-state index in [1.165, 1.54) is 17.6 Å². The molecule has 3 heterocycles. The van der Waals surface area contributed by atoms with Gasteiger partial charge in [0.1, 0.15) is 16.8 Å². The Morgan fingerprint density at radius 2 is 2.13 bits per heavy atom. The van der Waals surface area contributed by atoms with E-state index >= 15 is 0 Å². The van der Waals surface area contributed by atoms with Gasteiger partial charge in [0.05, 0.1) is 9.50 Å². The van der Waals surface area contributed by atoms with Crippen LogP contribution in [-0.2, 0) is 4.79 Å². The number of likely N-dealkylation sites (tertiary alicyclic amines) is 1. The second-order valence-corrected chi connectivity index (χ2v) is 8.06. The topological polar surface area (TPSA) is 36.4 Å². The maximum Gasteiger partial charge on any atom is 0.166 e. The lowest BCUT2D eigenvalue weighted by molar-refractivity contribution is -0.104. The minimum Gasteiger partial charge on any atom is -0.376 e.